The fourth-order valence-electron chi connectivity index (χ4n) is 2.45. The quantitative estimate of drug-likeness (QED) is 0.620. The molecule has 1 aliphatic rings. The van der Waals surface area contributed by atoms with E-state index in [0.29, 0.717) is 0 Å². The fourth-order valence-corrected chi connectivity index (χ4v) is 3.90. The van der Waals surface area contributed by atoms with Crippen molar-refractivity contribution in [2.45, 2.75) is 43.5 Å². The summed E-state index contributed by atoms with van der Waals surface area (Å²) in [5.41, 5.74) is 0. The minimum absolute atomic E-state index is 0.765. The molecule has 1 nitrogen and oxygen atoms in total. The van der Waals surface area contributed by atoms with E-state index in [2.05, 4.69) is 52.4 Å². The highest BCUT2D eigenvalue weighted by molar-refractivity contribution is 9.10. The van der Waals surface area contributed by atoms with E-state index >= 15 is 0 Å². The van der Waals surface area contributed by atoms with E-state index in [1.165, 1.54) is 35.1 Å². The Bertz CT molecular complexity index is 361. The Kier molecular flexibility index (Phi) is 6.06. The summed E-state index contributed by atoms with van der Waals surface area (Å²) in [5, 5.41) is 3.70. The highest BCUT2D eigenvalue weighted by Crippen LogP contribution is 2.27. The lowest BCUT2D eigenvalue weighted by atomic mass is 9.87. The van der Waals surface area contributed by atoms with Gasteiger partial charge in [-0.1, -0.05) is 19.1 Å². The fraction of sp³-hybridized carbons (Fsp3) is 0.600. The van der Waals surface area contributed by atoms with Crippen molar-refractivity contribution >= 4 is 27.7 Å². The molecule has 0 unspecified atom stereocenters. The van der Waals surface area contributed by atoms with Crippen molar-refractivity contribution in [2.24, 2.45) is 5.92 Å². The summed E-state index contributed by atoms with van der Waals surface area (Å²) in [6.45, 7) is 3.49. The summed E-state index contributed by atoms with van der Waals surface area (Å²) in [6, 6.07) is 9.22. The predicted octanol–water partition coefficient (Wildman–Crippen LogP) is 4.71. The van der Waals surface area contributed by atoms with E-state index in [4.69, 9.17) is 0 Å². The van der Waals surface area contributed by atoms with Crippen molar-refractivity contribution in [1.29, 1.82) is 0 Å². The summed E-state index contributed by atoms with van der Waals surface area (Å²) in [7, 11) is 0. The summed E-state index contributed by atoms with van der Waals surface area (Å²) in [5.74, 6) is 2.09. The van der Waals surface area contributed by atoms with Gasteiger partial charge in [0.05, 0.1) is 0 Å². The first kappa shape index (κ1) is 14.4. The third kappa shape index (κ3) is 4.60. The summed E-state index contributed by atoms with van der Waals surface area (Å²) < 4.78 is 1.21. The summed E-state index contributed by atoms with van der Waals surface area (Å²) in [4.78, 5) is 1.34. The molecule has 0 heterocycles. The van der Waals surface area contributed by atoms with Gasteiger partial charge < -0.3 is 5.32 Å². The topological polar surface area (TPSA) is 12.0 Å². The maximum Gasteiger partial charge on any atom is 0.0311 e. The molecular weight excluding hydrogens is 306 g/mol. The number of halogens is 1. The SMILES string of the molecule is CC1CCC(NCCSc2ccccc2Br)CC1. The van der Waals surface area contributed by atoms with Gasteiger partial charge in [-0.3, -0.25) is 0 Å². The molecule has 1 fully saturated rings. The van der Waals surface area contributed by atoms with Crippen LogP contribution in [0.3, 0.4) is 0 Å². The molecule has 0 amide bonds. The molecule has 1 aliphatic carbocycles. The normalized spacial score (nSPS) is 24.1. The van der Waals surface area contributed by atoms with Crippen molar-refractivity contribution < 1.29 is 0 Å². The Morgan fingerprint density at radius 3 is 2.67 bits per heavy atom. The maximum atomic E-state index is 3.70. The Hall–Kier alpha value is 0.01000. The largest absolute Gasteiger partial charge is 0.313 e. The highest BCUT2D eigenvalue weighted by atomic mass is 79.9. The monoisotopic (exact) mass is 327 g/mol. The zero-order chi connectivity index (χ0) is 12.8. The minimum Gasteiger partial charge on any atom is -0.313 e. The average Bonchev–Trinajstić information content (AvgIpc) is 2.39. The zero-order valence-electron chi connectivity index (χ0n) is 11.0. The van der Waals surface area contributed by atoms with Crippen LogP contribution in [0.25, 0.3) is 0 Å². The minimum atomic E-state index is 0.765. The average molecular weight is 328 g/mol. The predicted molar refractivity (Wildman–Crippen MR) is 84.3 cm³/mol. The van der Waals surface area contributed by atoms with Gasteiger partial charge in [-0.15, -0.1) is 11.8 Å². The van der Waals surface area contributed by atoms with Crippen LogP contribution in [0.2, 0.25) is 0 Å². The molecule has 100 valence electrons. The summed E-state index contributed by atoms with van der Waals surface area (Å²) in [6.07, 6.45) is 5.52. The molecule has 0 aromatic heterocycles. The van der Waals surface area contributed by atoms with Gasteiger partial charge in [-0.05, 0) is 59.7 Å². The van der Waals surface area contributed by atoms with E-state index in [1.807, 2.05) is 11.8 Å². The van der Waals surface area contributed by atoms with Gasteiger partial charge in [0.1, 0.15) is 0 Å². The van der Waals surface area contributed by atoms with Crippen LogP contribution < -0.4 is 5.32 Å². The highest BCUT2D eigenvalue weighted by Gasteiger charge is 2.17. The molecule has 0 spiro atoms. The van der Waals surface area contributed by atoms with Gasteiger partial charge in [0.2, 0.25) is 0 Å². The zero-order valence-corrected chi connectivity index (χ0v) is 13.4. The number of nitrogens with one attached hydrogen (secondary N) is 1. The van der Waals surface area contributed by atoms with Crippen molar-refractivity contribution in [1.82, 2.24) is 5.32 Å². The first-order valence-corrected chi connectivity index (χ1v) is 8.64. The molecule has 0 aliphatic heterocycles. The standard InChI is InChI=1S/C15H22BrNS/c1-12-6-8-13(9-7-12)17-10-11-18-15-5-3-2-4-14(15)16/h2-5,12-13,17H,6-11H2,1H3. The second kappa shape index (κ2) is 7.56. The van der Waals surface area contributed by atoms with Crippen molar-refractivity contribution in [2.75, 3.05) is 12.3 Å². The van der Waals surface area contributed by atoms with Crippen molar-refractivity contribution in [3.8, 4) is 0 Å². The van der Waals surface area contributed by atoms with Crippen molar-refractivity contribution in [3.05, 3.63) is 28.7 Å². The lowest BCUT2D eigenvalue weighted by molar-refractivity contribution is 0.312. The smallest absolute Gasteiger partial charge is 0.0311 e. The van der Waals surface area contributed by atoms with E-state index in [9.17, 15) is 0 Å². The van der Waals surface area contributed by atoms with Crippen molar-refractivity contribution in [3.63, 3.8) is 0 Å². The molecule has 1 aromatic rings. The van der Waals surface area contributed by atoms with Crippen LogP contribution >= 0.6 is 27.7 Å². The van der Waals surface area contributed by atoms with Crippen LogP contribution in [0.5, 0.6) is 0 Å². The van der Waals surface area contributed by atoms with Gasteiger partial charge in [0.25, 0.3) is 0 Å². The molecular formula is C15H22BrNS. The van der Waals surface area contributed by atoms with Crippen LogP contribution in [0.4, 0.5) is 0 Å². The van der Waals surface area contributed by atoms with Crippen LogP contribution in [0, 0.1) is 5.92 Å². The van der Waals surface area contributed by atoms with Gasteiger partial charge in [0.15, 0.2) is 0 Å². The van der Waals surface area contributed by atoms with Gasteiger partial charge >= 0.3 is 0 Å². The van der Waals surface area contributed by atoms with Crippen LogP contribution in [0.15, 0.2) is 33.6 Å². The summed E-state index contributed by atoms with van der Waals surface area (Å²) >= 11 is 5.52. The van der Waals surface area contributed by atoms with Crippen LogP contribution in [0.1, 0.15) is 32.6 Å². The number of hydrogen-bond donors (Lipinski definition) is 1. The Labute approximate surface area is 123 Å². The Morgan fingerprint density at radius 2 is 1.94 bits per heavy atom. The van der Waals surface area contributed by atoms with Gasteiger partial charge in [-0.25, -0.2) is 0 Å². The molecule has 1 N–H and O–H groups in total. The maximum absolute atomic E-state index is 3.70. The molecule has 0 atom stereocenters. The number of benzene rings is 1. The third-order valence-corrected chi connectivity index (χ3v) is 5.67. The number of rotatable bonds is 5. The number of thioether (sulfide) groups is 1. The van der Waals surface area contributed by atoms with E-state index in [-0.39, 0.29) is 0 Å². The lowest BCUT2D eigenvalue weighted by Crippen LogP contribution is -2.34. The van der Waals surface area contributed by atoms with E-state index < -0.39 is 0 Å². The molecule has 0 radical (unpaired) electrons. The lowest BCUT2D eigenvalue weighted by Gasteiger charge is -2.27. The second-order valence-corrected chi connectivity index (χ2v) is 7.18. The molecule has 2 rings (SSSR count). The van der Waals surface area contributed by atoms with E-state index in [0.717, 1.165) is 24.3 Å². The Balaban J connectivity index is 1.63. The molecule has 3 heteroatoms. The molecule has 0 bridgehead atoms. The molecule has 1 saturated carbocycles. The third-order valence-electron chi connectivity index (χ3n) is 3.65. The first-order chi connectivity index (χ1) is 8.75. The number of hydrogen-bond acceptors (Lipinski definition) is 2. The molecule has 0 saturated heterocycles. The van der Waals surface area contributed by atoms with Crippen LogP contribution in [-0.4, -0.2) is 18.3 Å². The van der Waals surface area contributed by atoms with E-state index in [1.54, 1.807) is 0 Å². The van der Waals surface area contributed by atoms with Gasteiger partial charge in [-0.2, -0.15) is 0 Å². The van der Waals surface area contributed by atoms with Crippen LogP contribution in [-0.2, 0) is 0 Å². The Morgan fingerprint density at radius 1 is 1.22 bits per heavy atom. The molecule has 1 aromatic carbocycles. The molecule has 18 heavy (non-hydrogen) atoms. The van der Waals surface area contributed by atoms with Gasteiger partial charge in [0, 0.05) is 27.7 Å². The first-order valence-electron chi connectivity index (χ1n) is 6.86. The second-order valence-electron chi connectivity index (χ2n) is 5.19.